The number of hydrogen-bond acceptors (Lipinski definition) is 3. The molecule has 4 rings (SSSR count). The molecule has 1 amide bonds. The SMILES string of the molecule is O=C(c1cccs1)N1CCC(c2nccn2CC2CC2)CC1. The Morgan fingerprint density at radius 3 is 2.77 bits per heavy atom. The van der Waals surface area contributed by atoms with Crippen LogP contribution < -0.4 is 0 Å². The van der Waals surface area contributed by atoms with E-state index in [2.05, 4.69) is 15.7 Å². The van der Waals surface area contributed by atoms with E-state index in [0.717, 1.165) is 43.3 Å². The van der Waals surface area contributed by atoms with Gasteiger partial charge in [0.15, 0.2) is 0 Å². The Balaban J connectivity index is 1.39. The molecule has 2 aromatic heterocycles. The lowest BCUT2D eigenvalue weighted by atomic mass is 9.95. The molecule has 22 heavy (non-hydrogen) atoms. The maximum atomic E-state index is 12.4. The van der Waals surface area contributed by atoms with Gasteiger partial charge in [0.05, 0.1) is 4.88 Å². The number of nitrogens with zero attached hydrogens (tertiary/aromatic N) is 3. The van der Waals surface area contributed by atoms with Crippen molar-refractivity contribution in [2.75, 3.05) is 13.1 Å². The van der Waals surface area contributed by atoms with Gasteiger partial charge in [-0.15, -0.1) is 11.3 Å². The highest BCUT2D eigenvalue weighted by Crippen LogP contribution is 2.33. The van der Waals surface area contributed by atoms with Crippen LogP contribution in [0.15, 0.2) is 29.9 Å². The average molecular weight is 315 g/mol. The van der Waals surface area contributed by atoms with Crippen molar-refractivity contribution in [3.63, 3.8) is 0 Å². The second kappa shape index (κ2) is 5.88. The molecule has 1 aliphatic heterocycles. The van der Waals surface area contributed by atoms with E-state index < -0.39 is 0 Å². The number of imidazole rings is 1. The van der Waals surface area contributed by atoms with Gasteiger partial charge in [0.1, 0.15) is 5.82 Å². The Morgan fingerprint density at radius 2 is 2.09 bits per heavy atom. The number of rotatable bonds is 4. The number of thiophene rings is 1. The number of carbonyl (C=O) groups is 1. The molecular weight excluding hydrogens is 294 g/mol. The minimum atomic E-state index is 0.190. The van der Waals surface area contributed by atoms with Gasteiger partial charge < -0.3 is 9.47 Å². The molecule has 0 unspecified atom stereocenters. The molecule has 1 aliphatic carbocycles. The zero-order chi connectivity index (χ0) is 14.9. The Hall–Kier alpha value is -1.62. The van der Waals surface area contributed by atoms with E-state index in [4.69, 9.17) is 0 Å². The smallest absolute Gasteiger partial charge is 0.263 e. The molecule has 4 nitrogen and oxygen atoms in total. The molecule has 2 aromatic rings. The van der Waals surface area contributed by atoms with E-state index in [-0.39, 0.29) is 5.91 Å². The van der Waals surface area contributed by atoms with Gasteiger partial charge in [-0.05, 0) is 43.0 Å². The van der Waals surface area contributed by atoms with Gasteiger partial charge in [-0.3, -0.25) is 4.79 Å². The molecule has 0 N–H and O–H groups in total. The van der Waals surface area contributed by atoms with Crippen molar-refractivity contribution in [2.45, 2.75) is 38.1 Å². The molecule has 0 bridgehead atoms. The van der Waals surface area contributed by atoms with Crippen LogP contribution >= 0.6 is 11.3 Å². The van der Waals surface area contributed by atoms with Crippen LogP contribution in [0.5, 0.6) is 0 Å². The van der Waals surface area contributed by atoms with Crippen molar-refractivity contribution in [1.82, 2.24) is 14.5 Å². The molecule has 1 saturated heterocycles. The molecule has 3 heterocycles. The topological polar surface area (TPSA) is 38.1 Å². The van der Waals surface area contributed by atoms with Crippen molar-refractivity contribution in [1.29, 1.82) is 0 Å². The second-order valence-electron chi connectivity index (χ2n) is 6.42. The predicted molar refractivity (Wildman–Crippen MR) is 87.1 cm³/mol. The normalized spacial score (nSPS) is 19.5. The van der Waals surface area contributed by atoms with Crippen LogP contribution in [0, 0.1) is 5.92 Å². The molecule has 0 spiro atoms. The van der Waals surface area contributed by atoms with E-state index in [1.54, 1.807) is 0 Å². The fraction of sp³-hybridized carbons (Fsp3) is 0.529. The lowest BCUT2D eigenvalue weighted by Gasteiger charge is -2.31. The summed E-state index contributed by atoms with van der Waals surface area (Å²) in [6, 6.07) is 3.86. The maximum Gasteiger partial charge on any atom is 0.263 e. The largest absolute Gasteiger partial charge is 0.338 e. The number of piperidine rings is 1. The quantitative estimate of drug-likeness (QED) is 0.867. The van der Waals surface area contributed by atoms with Crippen LogP contribution in [0.2, 0.25) is 0 Å². The first kappa shape index (κ1) is 14.0. The van der Waals surface area contributed by atoms with Crippen molar-refractivity contribution in [3.8, 4) is 0 Å². The van der Waals surface area contributed by atoms with Crippen LogP contribution in [0.25, 0.3) is 0 Å². The molecule has 2 aliphatic rings. The van der Waals surface area contributed by atoms with Gasteiger partial charge in [0, 0.05) is 37.9 Å². The van der Waals surface area contributed by atoms with Crippen molar-refractivity contribution in [2.24, 2.45) is 5.92 Å². The third kappa shape index (κ3) is 2.82. The zero-order valence-corrected chi connectivity index (χ0v) is 13.5. The summed E-state index contributed by atoms with van der Waals surface area (Å²) < 4.78 is 2.35. The zero-order valence-electron chi connectivity index (χ0n) is 12.6. The number of likely N-dealkylation sites (tertiary alicyclic amines) is 1. The van der Waals surface area contributed by atoms with E-state index in [1.165, 1.54) is 30.0 Å². The molecule has 0 radical (unpaired) electrons. The second-order valence-corrected chi connectivity index (χ2v) is 7.37. The number of hydrogen-bond donors (Lipinski definition) is 0. The van der Waals surface area contributed by atoms with Crippen LogP contribution in [-0.2, 0) is 6.54 Å². The average Bonchev–Trinajstić information content (AvgIpc) is 3.04. The highest BCUT2D eigenvalue weighted by atomic mass is 32.1. The van der Waals surface area contributed by atoms with Gasteiger partial charge in [-0.25, -0.2) is 4.98 Å². The van der Waals surface area contributed by atoms with Gasteiger partial charge in [0.2, 0.25) is 0 Å². The van der Waals surface area contributed by atoms with Gasteiger partial charge >= 0.3 is 0 Å². The van der Waals surface area contributed by atoms with Crippen molar-refractivity contribution in [3.05, 3.63) is 40.6 Å². The van der Waals surface area contributed by atoms with Crippen LogP contribution in [-0.4, -0.2) is 33.4 Å². The fourth-order valence-electron chi connectivity index (χ4n) is 3.31. The third-order valence-electron chi connectivity index (χ3n) is 4.78. The predicted octanol–water partition coefficient (Wildman–Crippen LogP) is 3.37. The highest BCUT2D eigenvalue weighted by molar-refractivity contribution is 7.12. The lowest BCUT2D eigenvalue weighted by Crippen LogP contribution is -2.38. The van der Waals surface area contributed by atoms with E-state index in [9.17, 15) is 4.79 Å². The number of amides is 1. The van der Waals surface area contributed by atoms with E-state index in [0.29, 0.717) is 5.92 Å². The monoisotopic (exact) mass is 315 g/mol. The first-order valence-electron chi connectivity index (χ1n) is 8.15. The number of carbonyl (C=O) groups excluding carboxylic acids is 1. The number of aromatic nitrogens is 2. The molecule has 116 valence electrons. The molecule has 1 saturated carbocycles. The van der Waals surface area contributed by atoms with Crippen molar-refractivity contribution >= 4 is 17.2 Å². The summed E-state index contributed by atoms with van der Waals surface area (Å²) in [6.07, 6.45) is 8.84. The summed E-state index contributed by atoms with van der Waals surface area (Å²) in [7, 11) is 0. The Bertz CT molecular complexity index is 637. The minimum absolute atomic E-state index is 0.190. The van der Waals surface area contributed by atoms with Crippen LogP contribution in [0.4, 0.5) is 0 Å². The third-order valence-corrected chi connectivity index (χ3v) is 5.64. The molecule has 2 fully saturated rings. The van der Waals surface area contributed by atoms with E-state index >= 15 is 0 Å². The molecule has 0 atom stereocenters. The summed E-state index contributed by atoms with van der Waals surface area (Å²) in [5.41, 5.74) is 0. The summed E-state index contributed by atoms with van der Waals surface area (Å²) >= 11 is 1.53. The molecule has 5 heteroatoms. The maximum absolute atomic E-state index is 12.4. The van der Waals surface area contributed by atoms with Gasteiger partial charge in [-0.2, -0.15) is 0 Å². The molecular formula is C17H21N3OS. The fourth-order valence-corrected chi connectivity index (χ4v) is 4.00. The van der Waals surface area contributed by atoms with Crippen LogP contribution in [0.3, 0.4) is 0 Å². The van der Waals surface area contributed by atoms with E-state index in [1.807, 2.05) is 28.6 Å². The first-order chi connectivity index (χ1) is 10.8. The minimum Gasteiger partial charge on any atom is -0.338 e. The summed E-state index contributed by atoms with van der Waals surface area (Å²) in [5, 5.41) is 1.97. The Labute approximate surface area is 134 Å². The summed E-state index contributed by atoms with van der Waals surface area (Å²) in [5.74, 6) is 2.79. The van der Waals surface area contributed by atoms with Crippen LogP contribution in [0.1, 0.15) is 47.1 Å². The highest BCUT2D eigenvalue weighted by Gasteiger charge is 2.29. The van der Waals surface area contributed by atoms with Gasteiger partial charge in [0.25, 0.3) is 5.91 Å². The Kier molecular flexibility index (Phi) is 3.74. The first-order valence-corrected chi connectivity index (χ1v) is 9.03. The van der Waals surface area contributed by atoms with Crippen molar-refractivity contribution < 1.29 is 4.79 Å². The Morgan fingerprint density at radius 1 is 1.27 bits per heavy atom. The summed E-state index contributed by atoms with van der Waals surface area (Å²) in [4.78, 5) is 19.8. The van der Waals surface area contributed by atoms with Gasteiger partial charge in [-0.1, -0.05) is 6.07 Å². The summed E-state index contributed by atoms with van der Waals surface area (Å²) in [6.45, 7) is 2.82. The molecule has 0 aromatic carbocycles. The standard InChI is InChI=1S/C17H21N3OS/c21-17(15-2-1-11-22-15)19-8-5-14(6-9-19)16-18-7-10-20(16)12-13-3-4-13/h1-2,7,10-11,13-14H,3-6,8-9,12H2. The lowest BCUT2D eigenvalue weighted by molar-refractivity contribution is 0.0715.